The summed E-state index contributed by atoms with van der Waals surface area (Å²) >= 11 is 0. The Balaban J connectivity index is 2.06. The van der Waals surface area contributed by atoms with Crippen molar-refractivity contribution in [1.29, 1.82) is 0 Å². The van der Waals surface area contributed by atoms with Gasteiger partial charge in [0.2, 0.25) is 0 Å². The quantitative estimate of drug-likeness (QED) is 0.620. The summed E-state index contributed by atoms with van der Waals surface area (Å²) < 4.78 is 15.7. The number of hydrogen-bond donors (Lipinski definition) is 1. The molecule has 0 saturated carbocycles. The highest BCUT2D eigenvalue weighted by Gasteiger charge is 2.10. The lowest BCUT2D eigenvalue weighted by Gasteiger charge is -2.09. The van der Waals surface area contributed by atoms with E-state index in [1.807, 2.05) is 31.2 Å². The van der Waals surface area contributed by atoms with Crippen molar-refractivity contribution in [3.63, 3.8) is 0 Å². The number of methoxy groups -OCH3 is 3. The third-order valence-corrected chi connectivity index (χ3v) is 3.63. The molecule has 0 aliphatic carbocycles. The van der Waals surface area contributed by atoms with E-state index in [0.717, 1.165) is 17.0 Å². The normalized spacial score (nSPS) is 11.0. The number of nitrogens with one attached hydrogen (secondary N) is 1. The van der Waals surface area contributed by atoms with E-state index < -0.39 is 0 Å². The number of benzene rings is 2. The smallest absolute Gasteiger partial charge is 0.271 e. The lowest BCUT2D eigenvalue weighted by molar-refractivity contribution is 0.0954. The van der Waals surface area contributed by atoms with Crippen LogP contribution in [0.5, 0.6) is 17.2 Å². The number of nitrogens with zero attached hydrogens (tertiary/aromatic N) is 1. The van der Waals surface area contributed by atoms with Gasteiger partial charge < -0.3 is 14.2 Å². The average molecular weight is 342 g/mol. The molecule has 0 aliphatic rings. The van der Waals surface area contributed by atoms with Gasteiger partial charge in [-0.3, -0.25) is 4.79 Å². The topological polar surface area (TPSA) is 69.2 Å². The fraction of sp³-hybridized carbons (Fsp3) is 0.263. The number of carbonyl (C=O) groups excluding carboxylic acids is 1. The Morgan fingerprint density at radius 3 is 2.32 bits per heavy atom. The third-order valence-electron chi connectivity index (χ3n) is 3.63. The van der Waals surface area contributed by atoms with Crippen molar-refractivity contribution in [2.45, 2.75) is 13.3 Å². The van der Waals surface area contributed by atoms with Gasteiger partial charge in [0, 0.05) is 17.7 Å². The molecule has 0 atom stereocenters. The van der Waals surface area contributed by atoms with Gasteiger partial charge in [-0.15, -0.1) is 0 Å². The molecule has 2 rings (SSSR count). The molecule has 0 fully saturated rings. The summed E-state index contributed by atoms with van der Waals surface area (Å²) in [6, 6.07) is 12.7. The third kappa shape index (κ3) is 4.73. The van der Waals surface area contributed by atoms with Crippen molar-refractivity contribution >= 4 is 11.6 Å². The number of hydrogen-bond acceptors (Lipinski definition) is 5. The zero-order valence-corrected chi connectivity index (χ0v) is 14.8. The standard InChI is InChI=1S/C19H22N2O4/c1-13(11-14-7-5-6-8-16(14)23-2)20-21-19(22)15-9-10-17(24-3)18(12-15)25-4/h5-10,12H,11H2,1-4H3,(H,21,22)/b20-13-. The number of carbonyl (C=O) groups is 1. The highest BCUT2D eigenvalue weighted by molar-refractivity contribution is 5.96. The molecule has 132 valence electrons. The molecular weight excluding hydrogens is 320 g/mol. The Hall–Kier alpha value is -3.02. The largest absolute Gasteiger partial charge is 0.496 e. The van der Waals surface area contributed by atoms with Crippen LogP contribution in [0.2, 0.25) is 0 Å². The molecule has 0 spiro atoms. The molecule has 6 nitrogen and oxygen atoms in total. The van der Waals surface area contributed by atoms with E-state index in [-0.39, 0.29) is 5.91 Å². The van der Waals surface area contributed by atoms with E-state index in [0.29, 0.717) is 23.5 Å². The first-order chi connectivity index (χ1) is 12.1. The van der Waals surface area contributed by atoms with Crippen molar-refractivity contribution in [2.24, 2.45) is 5.10 Å². The van der Waals surface area contributed by atoms with Crippen LogP contribution >= 0.6 is 0 Å². The summed E-state index contributed by atoms with van der Waals surface area (Å²) in [5.74, 6) is 1.53. The van der Waals surface area contributed by atoms with E-state index in [2.05, 4.69) is 10.5 Å². The summed E-state index contributed by atoms with van der Waals surface area (Å²) in [7, 11) is 4.70. The molecule has 25 heavy (non-hydrogen) atoms. The molecule has 0 heterocycles. The van der Waals surface area contributed by atoms with Crippen LogP contribution in [0.15, 0.2) is 47.6 Å². The zero-order valence-electron chi connectivity index (χ0n) is 14.8. The monoisotopic (exact) mass is 342 g/mol. The second-order valence-corrected chi connectivity index (χ2v) is 5.35. The summed E-state index contributed by atoms with van der Waals surface area (Å²) in [4.78, 5) is 12.3. The maximum Gasteiger partial charge on any atom is 0.271 e. The second-order valence-electron chi connectivity index (χ2n) is 5.35. The van der Waals surface area contributed by atoms with Gasteiger partial charge in [0.1, 0.15) is 5.75 Å². The van der Waals surface area contributed by atoms with Crippen LogP contribution in [0.25, 0.3) is 0 Å². The van der Waals surface area contributed by atoms with E-state index in [1.54, 1.807) is 32.4 Å². The van der Waals surface area contributed by atoms with Crippen LogP contribution < -0.4 is 19.6 Å². The fourth-order valence-corrected chi connectivity index (χ4v) is 2.35. The van der Waals surface area contributed by atoms with Gasteiger partial charge in [-0.2, -0.15) is 5.10 Å². The van der Waals surface area contributed by atoms with Crippen LogP contribution in [0.1, 0.15) is 22.8 Å². The van der Waals surface area contributed by atoms with Gasteiger partial charge in [-0.1, -0.05) is 18.2 Å². The van der Waals surface area contributed by atoms with E-state index in [4.69, 9.17) is 14.2 Å². The number of hydrazone groups is 1. The highest BCUT2D eigenvalue weighted by atomic mass is 16.5. The molecule has 0 saturated heterocycles. The minimum Gasteiger partial charge on any atom is -0.496 e. The zero-order chi connectivity index (χ0) is 18.2. The Morgan fingerprint density at radius 1 is 0.960 bits per heavy atom. The minimum atomic E-state index is -0.319. The number of rotatable bonds is 7. The van der Waals surface area contributed by atoms with Crippen LogP contribution in [0.3, 0.4) is 0 Å². The molecule has 2 aromatic rings. The van der Waals surface area contributed by atoms with Crippen LogP contribution in [-0.4, -0.2) is 32.9 Å². The van der Waals surface area contributed by atoms with Gasteiger partial charge in [-0.05, 0) is 36.8 Å². The molecule has 0 aromatic heterocycles. The predicted octanol–water partition coefficient (Wildman–Crippen LogP) is 3.06. The Labute approximate surface area is 147 Å². The molecule has 0 radical (unpaired) electrons. The van der Waals surface area contributed by atoms with Gasteiger partial charge in [0.15, 0.2) is 11.5 Å². The van der Waals surface area contributed by atoms with Crippen molar-refractivity contribution in [1.82, 2.24) is 5.43 Å². The SMILES string of the molecule is COc1ccccc1C/C(C)=N\NC(=O)c1ccc(OC)c(OC)c1. The lowest BCUT2D eigenvalue weighted by atomic mass is 10.1. The van der Waals surface area contributed by atoms with E-state index in [9.17, 15) is 4.79 Å². The van der Waals surface area contributed by atoms with E-state index in [1.165, 1.54) is 7.11 Å². The fourth-order valence-electron chi connectivity index (χ4n) is 2.35. The number of ether oxygens (including phenoxy) is 3. The van der Waals surface area contributed by atoms with Crippen molar-refractivity contribution in [2.75, 3.05) is 21.3 Å². The first kappa shape index (κ1) is 18.3. The molecule has 1 N–H and O–H groups in total. The summed E-state index contributed by atoms with van der Waals surface area (Å²) in [5, 5.41) is 4.16. The summed E-state index contributed by atoms with van der Waals surface area (Å²) in [5.41, 5.74) is 4.76. The lowest BCUT2D eigenvalue weighted by Crippen LogP contribution is -2.19. The van der Waals surface area contributed by atoms with Gasteiger partial charge in [-0.25, -0.2) is 5.43 Å². The number of para-hydroxylation sites is 1. The van der Waals surface area contributed by atoms with Crippen molar-refractivity contribution in [3.05, 3.63) is 53.6 Å². The summed E-state index contributed by atoms with van der Waals surface area (Å²) in [6.45, 7) is 1.85. The molecular formula is C19H22N2O4. The minimum absolute atomic E-state index is 0.319. The first-order valence-corrected chi connectivity index (χ1v) is 7.76. The number of amides is 1. The molecule has 0 unspecified atom stereocenters. The summed E-state index contributed by atoms with van der Waals surface area (Å²) in [6.07, 6.45) is 0.580. The van der Waals surface area contributed by atoms with Crippen LogP contribution in [-0.2, 0) is 6.42 Å². The van der Waals surface area contributed by atoms with Gasteiger partial charge in [0.25, 0.3) is 5.91 Å². The maximum absolute atomic E-state index is 12.3. The molecule has 6 heteroatoms. The van der Waals surface area contributed by atoms with Gasteiger partial charge >= 0.3 is 0 Å². The Morgan fingerprint density at radius 2 is 1.64 bits per heavy atom. The van der Waals surface area contributed by atoms with E-state index >= 15 is 0 Å². The van der Waals surface area contributed by atoms with Crippen molar-refractivity contribution < 1.29 is 19.0 Å². The molecule has 1 amide bonds. The first-order valence-electron chi connectivity index (χ1n) is 7.76. The van der Waals surface area contributed by atoms with Crippen LogP contribution in [0, 0.1) is 0 Å². The predicted molar refractivity (Wildman–Crippen MR) is 96.8 cm³/mol. The van der Waals surface area contributed by atoms with Gasteiger partial charge in [0.05, 0.1) is 21.3 Å². The average Bonchev–Trinajstić information content (AvgIpc) is 2.65. The Bertz CT molecular complexity index is 772. The van der Waals surface area contributed by atoms with Crippen LogP contribution in [0.4, 0.5) is 0 Å². The molecule has 0 bridgehead atoms. The van der Waals surface area contributed by atoms with Crippen molar-refractivity contribution in [3.8, 4) is 17.2 Å². The second kappa shape index (κ2) is 8.73. The highest BCUT2D eigenvalue weighted by Crippen LogP contribution is 2.27. The maximum atomic E-state index is 12.3. The Kier molecular flexibility index (Phi) is 6.39. The molecule has 0 aliphatic heterocycles. The molecule has 2 aromatic carbocycles.